The van der Waals surface area contributed by atoms with Gasteiger partial charge in [0.05, 0.1) is 5.56 Å². The molecule has 0 aliphatic carbocycles. The summed E-state index contributed by atoms with van der Waals surface area (Å²) in [5.74, 6) is -0.515. The molecule has 5 nitrogen and oxygen atoms in total. The number of nitrogens with one attached hydrogen (secondary N) is 2. The van der Waals surface area contributed by atoms with Crippen molar-refractivity contribution in [3.05, 3.63) is 28.8 Å². The molecule has 3 N–H and O–H groups in total. The van der Waals surface area contributed by atoms with Gasteiger partial charge in [-0.15, -0.1) is 0 Å². The van der Waals surface area contributed by atoms with Gasteiger partial charge in [0.25, 0.3) is 5.91 Å². The number of amides is 2. The Bertz CT molecular complexity index is 480. The van der Waals surface area contributed by atoms with Crippen LogP contribution in [0.3, 0.4) is 0 Å². The third-order valence-electron chi connectivity index (χ3n) is 2.80. The van der Waals surface area contributed by atoms with Gasteiger partial charge in [-0.05, 0) is 24.6 Å². The number of piperidine rings is 1. The lowest BCUT2D eigenvalue weighted by molar-refractivity contribution is -0.122. The zero-order chi connectivity index (χ0) is 13.1. The summed E-state index contributed by atoms with van der Waals surface area (Å²) in [4.78, 5) is 22.9. The standard InChI is InChI=1S/C12H13ClN2O3/c13-7-1-3-10(16)9(5-7)12(18)15-8-2-4-11(17)14-6-8/h1,3,5,8,16H,2,4,6H2,(H,14,17)(H,15,18). The molecule has 18 heavy (non-hydrogen) atoms. The fraction of sp³-hybridized carbons (Fsp3) is 0.333. The SMILES string of the molecule is O=C1CCC(NC(=O)c2cc(Cl)ccc2O)CN1. The van der Waals surface area contributed by atoms with Crippen LogP contribution in [0.25, 0.3) is 0 Å². The second kappa shape index (κ2) is 5.27. The highest BCUT2D eigenvalue weighted by Gasteiger charge is 2.21. The van der Waals surface area contributed by atoms with Crippen LogP contribution in [-0.4, -0.2) is 29.5 Å². The first kappa shape index (κ1) is 12.7. The topological polar surface area (TPSA) is 78.4 Å². The summed E-state index contributed by atoms with van der Waals surface area (Å²) in [6, 6.07) is 4.18. The second-order valence-electron chi connectivity index (χ2n) is 4.17. The summed E-state index contributed by atoms with van der Waals surface area (Å²) in [6.07, 6.45) is 0.991. The molecule has 1 aromatic carbocycles. The van der Waals surface area contributed by atoms with Crippen molar-refractivity contribution in [1.82, 2.24) is 10.6 Å². The van der Waals surface area contributed by atoms with E-state index in [0.29, 0.717) is 24.4 Å². The van der Waals surface area contributed by atoms with Crippen molar-refractivity contribution in [1.29, 1.82) is 0 Å². The number of phenols is 1. The summed E-state index contributed by atoms with van der Waals surface area (Å²) in [5, 5.41) is 15.4. The van der Waals surface area contributed by atoms with Gasteiger partial charge in [0, 0.05) is 24.0 Å². The lowest BCUT2D eigenvalue weighted by Gasteiger charge is -2.23. The molecule has 2 rings (SSSR count). The predicted octanol–water partition coefficient (Wildman–Crippen LogP) is 1.05. The molecular formula is C12H13ClN2O3. The maximum Gasteiger partial charge on any atom is 0.255 e. The molecule has 1 unspecified atom stereocenters. The van der Waals surface area contributed by atoms with Gasteiger partial charge in [-0.25, -0.2) is 0 Å². The van der Waals surface area contributed by atoms with E-state index in [9.17, 15) is 14.7 Å². The Labute approximate surface area is 109 Å². The fourth-order valence-corrected chi connectivity index (χ4v) is 1.98. The van der Waals surface area contributed by atoms with E-state index >= 15 is 0 Å². The minimum Gasteiger partial charge on any atom is -0.507 e. The molecule has 0 saturated carbocycles. The zero-order valence-corrected chi connectivity index (χ0v) is 10.3. The third kappa shape index (κ3) is 2.92. The largest absolute Gasteiger partial charge is 0.507 e. The molecule has 0 radical (unpaired) electrons. The molecule has 1 fully saturated rings. The van der Waals surface area contributed by atoms with Gasteiger partial charge in [-0.2, -0.15) is 0 Å². The monoisotopic (exact) mass is 268 g/mol. The number of hydrogen-bond donors (Lipinski definition) is 3. The quantitative estimate of drug-likeness (QED) is 0.750. The Morgan fingerprint density at radius 2 is 2.28 bits per heavy atom. The molecule has 1 aromatic rings. The smallest absolute Gasteiger partial charge is 0.255 e. The maximum atomic E-state index is 11.9. The van der Waals surface area contributed by atoms with Gasteiger partial charge in [0.15, 0.2) is 0 Å². The van der Waals surface area contributed by atoms with Crippen molar-refractivity contribution in [2.75, 3.05) is 6.54 Å². The van der Waals surface area contributed by atoms with Crippen molar-refractivity contribution >= 4 is 23.4 Å². The highest BCUT2D eigenvalue weighted by atomic mass is 35.5. The van der Waals surface area contributed by atoms with E-state index in [1.807, 2.05) is 0 Å². The number of hydrogen-bond acceptors (Lipinski definition) is 3. The number of carbonyl (C=O) groups is 2. The summed E-state index contributed by atoms with van der Waals surface area (Å²) in [6.45, 7) is 0.409. The van der Waals surface area contributed by atoms with E-state index in [-0.39, 0.29) is 23.3 Å². The van der Waals surface area contributed by atoms with Gasteiger partial charge in [0.2, 0.25) is 5.91 Å². The average Bonchev–Trinajstić information content (AvgIpc) is 2.35. The molecule has 6 heteroatoms. The van der Waals surface area contributed by atoms with Crippen molar-refractivity contribution in [2.24, 2.45) is 0 Å². The molecule has 0 bridgehead atoms. The summed E-state index contributed by atoms with van der Waals surface area (Å²) in [5.41, 5.74) is 0.138. The van der Waals surface area contributed by atoms with E-state index in [0.717, 1.165) is 0 Å². The Balaban J connectivity index is 2.03. The fourth-order valence-electron chi connectivity index (χ4n) is 1.81. The number of aromatic hydroxyl groups is 1. The predicted molar refractivity (Wildman–Crippen MR) is 66.6 cm³/mol. The number of halogens is 1. The van der Waals surface area contributed by atoms with Crippen molar-refractivity contribution < 1.29 is 14.7 Å². The van der Waals surface area contributed by atoms with E-state index in [2.05, 4.69) is 10.6 Å². The molecule has 1 saturated heterocycles. The van der Waals surface area contributed by atoms with E-state index in [4.69, 9.17) is 11.6 Å². The highest BCUT2D eigenvalue weighted by Crippen LogP contribution is 2.21. The van der Waals surface area contributed by atoms with Gasteiger partial charge < -0.3 is 15.7 Å². The molecule has 1 atom stereocenters. The van der Waals surface area contributed by atoms with Crippen LogP contribution >= 0.6 is 11.6 Å². The Morgan fingerprint density at radius 1 is 1.50 bits per heavy atom. The van der Waals surface area contributed by atoms with Gasteiger partial charge >= 0.3 is 0 Å². The highest BCUT2D eigenvalue weighted by molar-refractivity contribution is 6.31. The minimum absolute atomic E-state index is 0.00824. The molecule has 1 aliphatic rings. The van der Waals surface area contributed by atoms with Crippen LogP contribution in [-0.2, 0) is 4.79 Å². The van der Waals surface area contributed by atoms with Gasteiger partial charge in [-0.1, -0.05) is 11.6 Å². The molecule has 0 aromatic heterocycles. The average molecular weight is 269 g/mol. The molecule has 2 amide bonds. The Hall–Kier alpha value is -1.75. The van der Waals surface area contributed by atoms with Crippen LogP contribution in [0.15, 0.2) is 18.2 Å². The van der Waals surface area contributed by atoms with Crippen molar-refractivity contribution in [3.63, 3.8) is 0 Å². The first-order chi connectivity index (χ1) is 8.56. The summed E-state index contributed by atoms with van der Waals surface area (Å²) >= 11 is 5.77. The van der Waals surface area contributed by atoms with Gasteiger partial charge in [-0.3, -0.25) is 9.59 Å². The number of phenolic OH excluding ortho intramolecular Hbond substituents is 1. The lowest BCUT2D eigenvalue weighted by atomic mass is 10.1. The number of carbonyl (C=O) groups excluding carboxylic acids is 2. The summed E-state index contributed by atoms with van der Waals surface area (Å²) < 4.78 is 0. The molecule has 1 aliphatic heterocycles. The molecule has 1 heterocycles. The van der Waals surface area contributed by atoms with E-state index in [1.54, 1.807) is 0 Å². The Morgan fingerprint density at radius 3 is 2.94 bits per heavy atom. The van der Waals surface area contributed by atoms with Crippen molar-refractivity contribution in [3.8, 4) is 5.75 Å². The first-order valence-corrected chi connectivity index (χ1v) is 6.00. The second-order valence-corrected chi connectivity index (χ2v) is 4.61. The van der Waals surface area contributed by atoms with Crippen LogP contribution < -0.4 is 10.6 Å². The minimum atomic E-state index is -0.392. The molecular weight excluding hydrogens is 256 g/mol. The van der Waals surface area contributed by atoms with Crippen LogP contribution in [0.4, 0.5) is 0 Å². The summed E-state index contributed by atoms with van der Waals surface area (Å²) in [7, 11) is 0. The van der Waals surface area contributed by atoms with E-state index < -0.39 is 5.91 Å². The molecule has 0 spiro atoms. The van der Waals surface area contributed by atoms with Crippen LogP contribution in [0.5, 0.6) is 5.75 Å². The number of benzene rings is 1. The number of rotatable bonds is 2. The van der Waals surface area contributed by atoms with Crippen LogP contribution in [0.1, 0.15) is 23.2 Å². The van der Waals surface area contributed by atoms with E-state index in [1.165, 1.54) is 18.2 Å². The zero-order valence-electron chi connectivity index (χ0n) is 9.57. The van der Waals surface area contributed by atoms with Gasteiger partial charge in [0.1, 0.15) is 5.75 Å². The molecule has 96 valence electrons. The Kier molecular flexibility index (Phi) is 3.72. The van der Waals surface area contributed by atoms with Crippen molar-refractivity contribution in [2.45, 2.75) is 18.9 Å². The third-order valence-corrected chi connectivity index (χ3v) is 3.04. The van der Waals surface area contributed by atoms with Crippen LogP contribution in [0, 0.1) is 0 Å². The lowest BCUT2D eigenvalue weighted by Crippen LogP contribution is -2.47. The van der Waals surface area contributed by atoms with Crippen LogP contribution in [0.2, 0.25) is 5.02 Å². The first-order valence-electron chi connectivity index (χ1n) is 5.62. The normalized spacial score (nSPS) is 19.2. The maximum absolute atomic E-state index is 11.9.